The van der Waals surface area contributed by atoms with Gasteiger partial charge in [-0.25, -0.2) is 0 Å². The van der Waals surface area contributed by atoms with E-state index >= 15 is 0 Å². The number of halogens is 1. The molecule has 11 heteroatoms. The highest BCUT2D eigenvalue weighted by Gasteiger charge is 2.74. The van der Waals surface area contributed by atoms with Gasteiger partial charge in [0.15, 0.2) is 0 Å². The van der Waals surface area contributed by atoms with Crippen LogP contribution in [0, 0.1) is 11.8 Å². The SMILES string of the molecule is O=C1CC/C=C\CN(Cc2ccccc2)C(=O)[C@H]2N(CCCO)C(=O)[C@@H]3[C@@H](C(=O)O[C@@H](c4ccccc4)CN1)[C@@H]1O[C@@]32C=C1Br. The Labute approximate surface area is 270 Å². The molecule has 2 aromatic carbocycles. The molecule has 4 heterocycles. The number of cyclic esters (lactones) is 1. The average molecular weight is 679 g/mol. The lowest BCUT2D eigenvalue weighted by Crippen LogP contribution is -2.55. The lowest BCUT2D eigenvalue weighted by molar-refractivity contribution is -0.160. The molecule has 1 spiro atoms. The molecule has 0 aromatic heterocycles. The molecule has 4 aliphatic heterocycles. The molecule has 3 amide bonds. The number of ether oxygens (including phenoxy) is 2. The number of esters is 1. The summed E-state index contributed by atoms with van der Waals surface area (Å²) in [5.74, 6) is -3.57. The number of amides is 3. The van der Waals surface area contributed by atoms with Gasteiger partial charge >= 0.3 is 5.97 Å². The topological polar surface area (TPSA) is 125 Å². The van der Waals surface area contributed by atoms with Crippen LogP contribution in [0.1, 0.15) is 36.5 Å². The van der Waals surface area contributed by atoms with E-state index in [2.05, 4.69) is 21.2 Å². The maximum absolute atomic E-state index is 14.7. The van der Waals surface area contributed by atoms with Crippen LogP contribution in [0.5, 0.6) is 0 Å². The van der Waals surface area contributed by atoms with E-state index in [9.17, 15) is 24.3 Å². The smallest absolute Gasteiger partial charge is 0.313 e. The number of nitrogens with zero attached hydrogens (tertiary/aromatic N) is 2. The first-order valence-electron chi connectivity index (χ1n) is 15.3. The number of aliphatic hydroxyl groups excluding tert-OH is 1. The third kappa shape index (κ3) is 5.96. The number of aliphatic hydroxyl groups is 1. The van der Waals surface area contributed by atoms with Crippen molar-refractivity contribution in [1.29, 1.82) is 0 Å². The van der Waals surface area contributed by atoms with Crippen LogP contribution in [0.25, 0.3) is 0 Å². The van der Waals surface area contributed by atoms with Gasteiger partial charge in [-0.05, 0) is 30.0 Å². The predicted molar refractivity (Wildman–Crippen MR) is 167 cm³/mol. The fourth-order valence-electron chi connectivity index (χ4n) is 6.90. The second-order valence-corrected chi connectivity index (χ2v) is 12.7. The summed E-state index contributed by atoms with van der Waals surface area (Å²) in [7, 11) is 0. The van der Waals surface area contributed by atoms with Gasteiger partial charge in [-0.1, -0.05) is 88.7 Å². The number of carbonyl (C=O) groups is 4. The number of carbonyl (C=O) groups excluding carboxylic acids is 4. The fourth-order valence-corrected chi connectivity index (χ4v) is 7.64. The highest BCUT2D eigenvalue weighted by molar-refractivity contribution is 9.11. The van der Waals surface area contributed by atoms with E-state index in [1.54, 1.807) is 11.0 Å². The molecule has 6 atom stereocenters. The molecule has 2 aromatic rings. The molecule has 5 bridgehead atoms. The molecule has 6 rings (SSSR count). The summed E-state index contributed by atoms with van der Waals surface area (Å²) in [5.41, 5.74) is 0.204. The van der Waals surface area contributed by atoms with Gasteiger partial charge in [0.25, 0.3) is 0 Å². The Morgan fingerprint density at radius 1 is 0.978 bits per heavy atom. The second-order valence-electron chi connectivity index (χ2n) is 11.8. The number of likely N-dealkylation sites (tertiary alicyclic amines) is 1. The first kappa shape index (κ1) is 31.2. The first-order valence-corrected chi connectivity index (χ1v) is 16.1. The van der Waals surface area contributed by atoms with E-state index in [1.165, 1.54) is 4.90 Å². The maximum Gasteiger partial charge on any atom is 0.313 e. The highest BCUT2D eigenvalue weighted by atomic mass is 79.9. The monoisotopic (exact) mass is 677 g/mol. The zero-order valence-electron chi connectivity index (χ0n) is 24.7. The van der Waals surface area contributed by atoms with Gasteiger partial charge in [-0.15, -0.1) is 0 Å². The Balaban J connectivity index is 1.42. The molecule has 0 unspecified atom stereocenters. The number of allylic oxidation sites excluding steroid dienone is 1. The molecule has 2 N–H and O–H groups in total. The second kappa shape index (κ2) is 13.3. The van der Waals surface area contributed by atoms with Crippen LogP contribution in [0.15, 0.2) is 83.4 Å². The van der Waals surface area contributed by atoms with Crippen LogP contribution < -0.4 is 5.32 Å². The molecule has 2 saturated heterocycles. The van der Waals surface area contributed by atoms with Gasteiger partial charge in [0.1, 0.15) is 29.8 Å². The van der Waals surface area contributed by atoms with Crippen molar-refractivity contribution in [3.05, 3.63) is 94.5 Å². The molecule has 0 saturated carbocycles. The van der Waals surface area contributed by atoms with E-state index in [0.29, 0.717) is 16.5 Å². The Hall–Kier alpha value is -3.80. The van der Waals surface area contributed by atoms with Crippen LogP contribution >= 0.6 is 15.9 Å². The summed E-state index contributed by atoms with van der Waals surface area (Å²) in [6, 6.07) is 17.6. The van der Waals surface area contributed by atoms with Crippen LogP contribution in [0.4, 0.5) is 0 Å². The normalized spacial score (nSPS) is 31.0. The van der Waals surface area contributed by atoms with Crippen molar-refractivity contribution in [1.82, 2.24) is 15.1 Å². The predicted octanol–water partition coefficient (Wildman–Crippen LogP) is 3.02. The van der Waals surface area contributed by atoms with Gasteiger partial charge in [0, 0.05) is 37.1 Å². The molecule has 236 valence electrons. The zero-order chi connectivity index (χ0) is 31.6. The minimum absolute atomic E-state index is 0.0614. The van der Waals surface area contributed by atoms with Gasteiger partial charge in [0.2, 0.25) is 17.7 Å². The van der Waals surface area contributed by atoms with Crippen LogP contribution in [0.3, 0.4) is 0 Å². The minimum Gasteiger partial charge on any atom is -0.455 e. The van der Waals surface area contributed by atoms with Crippen molar-refractivity contribution in [2.45, 2.75) is 49.7 Å². The molecule has 4 aliphatic rings. The van der Waals surface area contributed by atoms with E-state index < -0.39 is 41.7 Å². The third-order valence-electron chi connectivity index (χ3n) is 8.96. The number of nitrogens with one attached hydrogen (secondary N) is 1. The lowest BCUT2D eigenvalue weighted by atomic mass is 9.74. The number of hydrogen-bond donors (Lipinski definition) is 2. The molecular weight excluding hydrogens is 642 g/mol. The standard InChI is InChI=1S/C34H36BrN3O7/c35-24-19-34-28-27(29(24)45-34)33(43)44-25(23-13-6-2-7-14-23)20-36-26(40)15-8-3-9-16-37(21-22-11-4-1-5-12-22)32(42)30(34)38(31(28)41)17-10-18-39/h1-7,9,11-14,19,25,27-30,39H,8,10,15-18,20-21H2,(H,36,40)/b9-3-/t25-,27-,28+,29-,30-,34+/m1/s1. The third-order valence-corrected chi connectivity index (χ3v) is 9.64. The van der Waals surface area contributed by atoms with Crippen molar-refractivity contribution >= 4 is 39.6 Å². The van der Waals surface area contributed by atoms with Gasteiger partial charge in [-0.2, -0.15) is 0 Å². The Morgan fingerprint density at radius 3 is 2.44 bits per heavy atom. The van der Waals surface area contributed by atoms with Gasteiger partial charge in [0.05, 0.1) is 12.5 Å². The molecule has 10 nitrogen and oxygen atoms in total. The van der Waals surface area contributed by atoms with Gasteiger partial charge in [-0.3, -0.25) is 19.2 Å². The molecule has 0 aliphatic carbocycles. The van der Waals surface area contributed by atoms with E-state index in [0.717, 1.165) is 5.56 Å². The van der Waals surface area contributed by atoms with Crippen molar-refractivity contribution in [3.63, 3.8) is 0 Å². The summed E-state index contributed by atoms with van der Waals surface area (Å²) < 4.78 is 13.2. The van der Waals surface area contributed by atoms with Crippen molar-refractivity contribution in [2.75, 3.05) is 26.2 Å². The van der Waals surface area contributed by atoms with Crippen molar-refractivity contribution < 1.29 is 33.8 Å². The fraction of sp³-hybridized carbons (Fsp3) is 0.412. The molecular formula is C34H36BrN3O7. The summed E-state index contributed by atoms with van der Waals surface area (Å²) in [6.45, 7) is 0.537. The summed E-state index contributed by atoms with van der Waals surface area (Å²) in [4.78, 5) is 58.9. The van der Waals surface area contributed by atoms with Crippen LogP contribution in [-0.2, 0) is 35.2 Å². The Kier molecular flexibility index (Phi) is 9.21. The van der Waals surface area contributed by atoms with Crippen LogP contribution in [-0.4, -0.2) is 82.6 Å². The molecule has 2 fully saturated rings. The summed E-state index contributed by atoms with van der Waals surface area (Å²) in [6.07, 6.45) is 4.82. The summed E-state index contributed by atoms with van der Waals surface area (Å²) >= 11 is 3.57. The first-order chi connectivity index (χ1) is 21.8. The quantitative estimate of drug-likeness (QED) is 0.356. The molecule has 0 radical (unpaired) electrons. The highest BCUT2D eigenvalue weighted by Crippen LogP contribution is 2.59. The zero-order valence-corrected chi connectivity index (χ0v) is 26.3. The van der Waals surface area contributed by atoms with Crippen molar-refractivity contribution in [2.24, 2.45) is 11.8 Å². The largest absolute Gasteiger partial charge is 0.455 e. The van der Waals surface area contributed by atoms with E-state index in [-0.39, 0.29) is 63.3 Å². The Bertz CT molecular complexity index is 1500. The van der Waals surface area contributed by atoms with E-state index in [1.807, 2.05) is 72.8 Å². The Morgan fingerprint density at radius 2 is 1.71 bits per heavy atom. The summed E-state index contributed by atoms with van der Waals surface area (Å²) in [5, 5.41) is 12.6. The minimum atomic E-state index is -1.40. The van der Waals surface area contributed by atoms with Crippen LogP contribution in [0.2, 0.25) is 0 Å². The van der Waals surface area contributed by atoms with Gasteiger partial charge < -0.3 is 29.7 Å². The molecule has 45 heavy (non-hydrogen) atoms. The average Bonchev–Trinajstić information content (AvgIpc) is 3.64. The van der Waals surface area contributed by atoms with E-state index in [4.69, 9.17) is 9.47 Å². The lowest BCUT2D eigenvalue weighted by Gasteiger charge is -2.36. The maximum atomic E-state index is 14.7. The number of hydrogen-bond acceptors (Lipinski definition) is 7. The van der Waals surface area contributed by atoms with Crippen molar-refractivity contribution in [3.8, 4) is 0 Å². The number of benzene rings is 2. The number of rotatable bonds is 6. The number of fused-ring (bicyclic) bond motifs is 2.